The average molecular weight is 460 g/mol. The summed E-state index contributed by atoms with van der Waals surface area (Å²) in [6, 6.07) is 0.119. The van der Waals surface area contributed by atoms with Crippen LogP contribution < -0.4 is 0 Å². The summed E-state index contributed by atoms with van der Waals surface area (Å²) in [5.74, 6) is -0.391. The molecule has 3 heterocycles. The summed E-state index contributed by atoms with van der Waals surface area (Å²) in [5.41, 5.74) is -0.576. The number of piperazine rings is 1. The van der Waals surface area contributed by atoms with Gasteiger partial charge in [0.2, 0.25) is 15.9 Å². The van der Waals surface area contributed by atoms with Crippen LogP contribution in [-0.4, -0.2) is 69.3 Å². The second-order valence-corrected chi connectivity index (χ2v) is 9.86. The molecule has 1 saturated carbocycles. The lowest BCUT2D eigenvalue weighted by molar-refractivity contribution is -0.142. The van der Waals surface area contributed by atoms with Crippen LogP contribution in [0.1, 0.15) is 43.1 Å². The van der Waals surface area contributed by atoms with E-state index in [4.69, 9.17) is 0 Å². The van der Waals surface area contributed by atoms with Crippen molar-refractivity contribution >= 4 is 15.9 Å². The van der Waals surface area contributed by atoms with Crippen molar-refractivity contribution in [2.24, 2.45) is 7.05 Å². The Morgan fingerprint density at radius 2 is 1.84 bits per heavy atom. The lowest BCUT2D eigenvalue weighted by Gasteiger charge is -2.35. The van der Waals surface area contributed by atoms with Gasteiger partial charge in [0.1, 0.15) is 10.9 Å². The normalized spacial score (nSPS) is 19.6. The van der Waals surface area contributed by atoms with Gasteiger partial charge in [0.15, 0.2) is 5.69 Å². The number of carbonyl (C=O) groups is 1. The van der Waals surface area contributed by atoms with E-state index in [-0.39, 0.29) is 42.9 Å². The number of nitrogens with zero attached hydrogens (tertiary/aromatic N) is 6. The smallest absolute Gasteiger partial charge is 0.338 e. The summed E-state index contributed by atoms with van der Waals surface area (Å²) in [6.45, 7) is 2.01. The molecule has 170 valence electrons. The van der Waals surface area contributed by atoms with Crippen LogP contribution >= 0.6 is 0 Å². The number of hydrogen-bond acceptors (Lipinski definition) is 5. The second kappa shape index (κ2) is 7.62. The van der Waals surface area contributed by atoms with E-state index in [0.29, 0.717) is 5.69 Å². The van der Waals surface area contributed by atoms with Gasteiger partial charge in [-0.3, -0.25) is 14.2 Å². The minimum Gasteiger partial charge on any atom is -0.338 e. The Morgan fingerprint density at radius 3 is 2.35 bits per heavy atom. The van der Waals surface area contributed by atoms with Gasteiger partial charge in [-0.15, -0.1) is 0 Å². The van der Waals surface area contributed by atoms with E-state index in [2.05, 4.69) is 10.2 Å². The summed E-state index contributed by atoms with van der Waals surface area (Å²) in [5, 5.41) is 7.56. The largest absolute Gasteiger partial charge is 0.435 e. The molecular weight excluding hydrogens is 437 g/mol. The zero-order chi connectivity index (χ0) is 22.6. The van der Waals surface area contributed by atoms with Crippen LogP contribution in [0.2, 0.25) is 0 Å². The van der Waals surface area contributed by atoms with Crippen molar-refractivity contribution in [1.29, 1.82) is 0 Å². The van der Waals surface area contributed by atoms with Gasteiger partial charge in [-0.25, -0.2) is 8.42 Å². The molecule has 1 saturated heterocycles. The van der Waals surface area contributed by atoms with Gasteiger partial charge in [-0.1, -0.05) is 0 Å². The van der Waals surface area contributed by atoms with Gasteiger partial charge in [-0.2, -0.15) is 27.7 Å². The van der Waals surface area contributed by atoms with Crippen molar-refractivity contribution in [1.82, 2.24) is 28.8 Å². The number of aryl methyl sites for hydroxylation is 1. The molecule has 31 heavy (non-hydrogen) atoms. The molecule has 2 aromatic heterocycles. The molecule has 2 fully saturated rings. The second-order valence-electron chi connectivity index (χ2n) is 7.93. The number of sulfonamides is 1. The molecule has 0 aromatic carbocycles. The monoisotopic (exact) mass is 460 g/mol. The first-order valence-electron chi connectivity index (χ1n) is 9.92. The van der Waals surface area contributed by atoms with Crippen molar-refractivity contribution < 1.29 is 26.4 Å². The van der Waals surface area contributed by atoms with Crippen LogP contribution in [0, 0.1) is 0 Å². The van der Waals surface area contributed by atoms with E-state index >= 15 is 0 Å². The fourth-order valence-electron chi connectivity index (χ4n) is 3.74. The predicted molar refractivity (Wildman–Crippen MR) is 102 cm³/mol. The predicted octanol–water partition coefficient (Wildman–Crippen LogP) is 1.61. The Bertz CT molecular complexity index is 1080. The molecule has 13 heteroatoms. The SMILES string of the molecule is CC(C(=O)N1CCN(S(=O)(=O)c2cnn(C)c2)CC1)n1nc(C(F)(F)F)cc1C1CC1. The molecule has 1 unspecified atom stereocenters. The van der Waals surface area contributed by atoms with E-state index < -0.39 is 27.9 Å². The molecule has 1 aliphatic carbocycles. The minimum atomic E-state index is -4.58. The first kappa shape index (κ1) is 21.8. The highest BCUT2D eigenvalue weighted by molar-refractivity contribution is 7.89. The Morgan fingerprint density at radius 1 is 1.19 bits per heavy atom. The topological polar surface area (TPSA) is 93.3 Å². The fourth-order valence-corrected chi connectivity index (χ4v) is 5.15. The highest BCUT2D eigenvalue weighted by atomic mass is 32.2. The van der Waals surface area contributed by atoms with Crippen LogP contribution in [0.3, 0.4) is 0 Å². The zero-order valence-corrected chi connectivity index (χ0v) is 17.9. The molecule has 1 aliphatic heterocycles. The van der Waals surface area contributed by atoms with Gasteiger partial charge in [-0.05, 0) is 25.8 Å². The van der Waals surface area contributed by atoms with E-state index in [1.165, 1.54) is 37.9 Å². The Labute approximate surface area is 177 Å². The zero-order valence-electron chi connectivity index (χ0n) is 17.1. The molecule has 2 aromatic rings. The average Bonchev–Trinajstić information content (AvgIpc) is 3.29. The molecular formula is C18H23F3N6O3S. The first-order valence-corrected chi connectivity index (χ1v) is 11.4. The number of aromatic nitrogens is 4. The number of alkyl halides is 3. The molecule has 1 atom stereocenters. The van der Waals surface area contributed by atoms with Gasteiger partial charge < -0.3 is 4.90 Å². The third kappa shape index (κ3) is 4.20. The number of carbonyl (C=O) groups excluding carboxylic acids is 1. The number of hydrogen-bond donors (Lipinski definition) is 0. The number of rotatable bonds is 5. The van der Waals surface area contributed by atoms with Crippen LogP contribution in [-0.2, 0) is 28.0 Å². The quantitative estimate of drug-likeness (QED) is 0.676. The molecule has 4 rings (SSSR count). The number of amides is 1. The molecule has 0 radical (unpaired) electrons. The summed E-state index contributed by atoms with van der Waals surface area (Å²) >= 11 is 0. The molecule has 0 spiro atoms. The molecule has 2 aliphatic rings. The van der Waals surface area contributed by atoms with Crippen molar-refractivity contribution in [3.05, 3.63) is 29.8 Å². The Hall–Kier alpha value is -2.41. The highest BCUT2D eigenvalue weighted by Crippen LogP contribution is 2.43. The van der Waals surface area contributed by atoms with E-state index in [1.807, 2.05) is 0 Å². The van der Waals surface area contributed by atoms with Gasteiger partial charge >= 0.3 is 6.18 Å². The maximum absolute atomic E-state index is 13.1. The van der Waals surface area contributed by atoms with Crippen molar-refractivity contribution in [3.8, 4) is 0 Å². The van der Waals surface area contributed by atoms with Gasteiger partial charge in [0, 0.05) is 51.0 Å². The third-order valence-corrected chi connectivity index (χ3v) is 7.50. The third-order valence-electron chi connectivity index (χ3n) is 5.64. The lowest BCUT2D eigenvalue weighted by Crippen LogP contribution is -2.51. The lowest BCUT2D eigenvalue weighted by atomic mass is 10.2. The highest BCUT2D eigenvalue weighted by Gasteiger charge is 2.40. The maximum atomic E-state index is 13.1. The molecule has 0 N–H and O–H groups in total. The van der Waals surface area contributed by atoms with Crippen LogP contribution in [0.5, 0.6) is 0 Å². The maximum Gasteiger partial charge on any atom is 0.435 e. The van der Waals surface area contributed by atoms with Crippen LogP contribution in [0.15, 0.2) is 23.4 Å². The minimum absolute atomic E-state index is 0.0136. The molecule has 0 bridgehead atoms. The fraction of sp³-hybridized carbons (Fsp3) is 0.611. The summed E-state index contributed by atoms with van der Waals surface area (Å²) in [7, 11) is -2.10. The van der Waals surface area contributed by atoms with Crippen LogP contribution in [0.25, 0.3) is 0 Å². The number of halogens is 3. The summed E-state index contributed by atoms with van der Waals surface area (Å²) < 4.78 is 68.7. The standard InChI is InChI=1S/C18H23F3N6O3S/c1-12(27-15(13-3-4-13)9-16(23-27)18(19,20)21)17(28)25-5-7-26(8-6-25)31(29,30)14-10-22-24(2)11-14/h9-13H,3-8H2,1-2H3. The van der Waals surface area contributed by atoms with Crippen LogP contribution in [0.4, 0.5) is 13.2 Å². The van der Waals surface area contributed by atoms with E-state index in [9.17, 15) is 26.4 Å². The van der Waals surface area contributed by atoms with Crippen molar-refractivity contribution in [3.63, 3.8) is 0 Å². The Kier molecular flexibility index (Phi) is 5.36. The van der Waals surface area contributed by atoms with Crippen molar-refractivity contribution in [2.75, 3.05) is 26.2 Å². The molecule has 9 nitrogen and oxygen atoms in total. The summed E-state index contributed by atoms with van der Waals surface area (Å²) in [6.07, 6.45) is -0.359. The van der Waals surface area contributed by atoms with Gasteiger partial charge in [0.25, 0.3) is 0 Å². The molecule has 1 amide bonds. The van der Waals surface area contributed by atoms with E-state index in [1.54, 1.807) is 7.05 Å². The summed E-state index contributed by atoms with van der Waals surface area (Å²) in [4.78, 5) is 14.5. The van der Waals surface area contributed by atoms with E-state index in [0.717, 1.165) is 18.9 Å². The van der Waals surface area contributed by atoms with Gasteiger partial charge in [0.05, 0.1) is 6.20 Å². The van der Waals surface area contributed by atoms with Crippen molar-refractivity contribution in [2.45, 2.75) is 42.8 Å². The first-order chi connectivity index (χ1) is 14.5. The Balaban J connectivity index is 1.46.